The first-order valence-corrected chi connectivity index (χ1v) is 9.45. The summed E-state index contributed by atoms with van der Waals surface area (Å²) in [5.41, 5.74) is 3.08. The van der Waals surface area contributed by atoms with Crippen LogP contribution in [0.5, 0.6) is 0 Å². The molecule has 2 aromatic heterocycles. The number of guanidine groups is 1. The summed E-state index contributed by atoms with van der Waals surface area (Å²) in [4.78, 5) is 4.71. The van der Waals surface area contributed by atoms with Crippen molar-refractivity contribution in [1.29, 1.82) is 0 Å². The van der Waals surface area contributed by atoms with Crippen LogP contribution in [0, 0.1) is 0 Å². The second-order valence-electron chi connectivity index (χ2n) is 5.96. The lowest BCUT2D eigenvalue weighted by Crippen LogP contribution is -2.37. The minimum absolute atomic E-state index is 0.528. The molecule has 142 valence electrons. The molecule has 0 unspecified atom stereocenters. The molecule has 3 aromatic rings. The monoisotopic (exact) mass is 404 g/mol. The van der Waals surface area contributed by atoms with Crippen molar-refractivity contribution in [3.8, 4) is 5.69 Å². The first-order valence-electron chi connectivity index (χ1n) is 8.69. The van der Waals surface area contributed by atoms with Crippen molar-refractivity contribution in [2.24, 2.45) is 12.0 Å². The lowest BCUT2D eigenvalue weighted by molar-refractivity contribution is 0.751. The molecule has 0 aliphatic carbocycles. The van der Waals surface area contributed by atoms with Crippen LogP contribution in [-0.2, 0) is 20.1 Å². The number of nitrogens with one attached hydrogen (secondary N) is 2. The first kappa shape index (κ1) is 19.3. The Morgan fingerprint density at radius 3 is 2.67 bits per heavy atom. The Labute approximate surface area is 168 Å². The second kappa shape index (κ2) is 8.97. The van der Waals surface area contributed by atoms with Crippen LogP contribution in [0.2, 0.25) is 10.2 Å². The van der Waals surface area contributed by atoms with Crippen molar-refractivity contribution in [3.05, 3.63) is 70.2 Å². The lowest BCUT2D eigenvalue weighted by atomic mass is 10.2. The molecule has 0 atom stereocenters. The molecule has 0 saturated carbocycles. The molecule has 27 heavy (non-hydrogen) atoms. The summed E-state index contributed by atoms with van der Waals surface area (Å²) in [6, 6.07) is 11.9. The third-order valence-electron chi connectivity index (χ3n) is 4.15. The van der Waals surface area contributed by atoms with Crippen LogP contribution in [0.1, 0.15) is 18.2 Å². The van der Waals surface area contributed by atoms with Gasteiger partial charge in [0.1, 0.15) is 5.15 Å². The Morgan fingerprint density at radius 1 is 1.19 bits per heavy atom. The van der Waals surface area contributed by atoms with Gasteiger partial charge < -0.3 is 15.2 Å². The van der Waals surface area contributed by atoms with Crippen LogP contribution in [0.25, 0.3) is 5.69 Å². The minimum Gasteiger partial charge on any atom is -0.357 e. The molecular weight excluding hydrogens is 383 g/mol. The molecule has 3 rings (SSSR count). The number of para-hydroxylation sites is 1. The van der Waals surface area contributed by atoms with E-state index in [4.69, 9.17) is 28.2 Å². The summed E-state index contributed by atoms with van der Waals surface area (Å²) in [6.45, 7) is 3.89. The fourth-order valence-corrected chi connectivity index (χ4v) is 3.13. The van der Waals surface area contributed by atoms with Crippen LogP contribution in [0.15, 0.2) is 53.8 Å². The van der Waals surface area contributed by atoms with Gasteiger partial charge in [-0.15, -0.1) is 0 Å². The largest absolute Gasteiger partial charge is 0.357 e. The Morgan fingerprint density at radius 2 is 2.00 bits per heavy atom. The van der Waals surface area contributed by atoms with Gasteiger partial charge in [-0.1, -0.05) is 41.4 Å². The van der Waals surface area contributed by atoms with E-state index in [-0.39, 0.29) is 0 Å². The fraction of sp³-hybridized carbons (Fsp3) is 0.263. The quantitative estimate of drug-likeness (QED) is 0.485. The molecule has 1 aromatic carbocycles. The predicted molar refractivity (Wildman–Crippen MR) is 111 cm³/mol. The van der Waals surface area contributed by atoms with E-state index in [1.807, 2.05) is 59.7 Å². The molecule has 0 amide bonds. The Hall–Kier alpha value is -2.44. The summed E-state index contributed by atoms with van der Waals surface area (Å²) in [5, 5.41) is 12.0. The van der Waals surface area contributed by atoms with Gasteiger partial charge in [-0.05, 0) is 30.7 Å². The first-order chi connectivity index (χ1) is 13.1. The van der Waals surface area contributed by atoms with E-state index < -0.39 is 0 Å². The third-order valence-corrected chi connectivity index (χ3v) is 4.99. The summed E-state index contributed by atoms with van der Waals surface area (Å²) in [6.07, 6.45) is 3.69. The molecule has 2 heterocycles. The smallest absolute Gasteiger partial charge is 0.191 e. The fourth-order valence-electron chi connectivity index (χ4n) is 2.72. The Bertz CT molecular complexity index is 914. The van der Waals surface area contributed by atoms with Gasteiger partial charge in [0.25, 0.3) is 0 Å². The highest BCUT2D eigenvalue weighted by Gasteiger charge is 2.10. The highest BCUT2D eigenvalue weighted by molar-refractivity contribution is 6.41. The molecule has 8 heteroatoms. The topological polar surface area (TPSA) is 59.2 Å². The van der Waals surface area contributed by atoms with Crippen molar-refractivity contribution in [2.75, 3.05) is 6.54 Å². The number of aromatic nitrogens is 3. The summed E-state index contributed by atoms with van der Waals surface area (Å²) >= 11 is 12.2. The van der Waals surface area contributed by atoms with Crippen molar-refractivity contribution < 1.29 is 0 Å². The van der Waals surface area contributed by atoms with Crippen LogP contribution in [0.4, 0.5) is 0 Å². The average molecular weight is 405 g/mol. The van der Waals surface area contributed by atoms with Crippen molar-refractivity contribution >= 4 is 29.2 Å². The molecular formula is C19H22Cl2N6. The SMILES string of the molecule is CCNC(=NCc1ccccc1-n1cccn1)NCc1cc(Cl)c(Cl)n1C. The molecule has 0 spiro atoms. The van der Waals surface area contributed by atoms with E-state index in [0.717, 1.165) is 29.4 Å². The van der Waals surface area contributed by atoms with E-state index in [1.54, 1.807) is 6.20 Å². The Kier molecular flexibility index (Phi) is 6.42. The number of aliphatic imine (C=N–C) groups is 1. The number of halogens is 2. The maximum atomic E-state index is 6.13. The highest BCUT2D eigenvalue weighted by Crippen LogP contribution is 2.24. The molecule has 6 nitrogen and oxygen atoms in total. The van der Waals surface area contributed by atoms with E-state index in [0.29, 0.717) is 23.3 Å². The van der Waals surface area contributed by atoms with Crippen molar-refractivity contribution in [2.45, 2.75) is 20.0 Å². The van der Waals surface area contributed by atoms with E-state index in [1.165, 1.54) is 0 Å². The second-order valence-corrected chi connectivity index (χ2v) is 6.73. The molecule has 0 bridgehead atoms. The zero-order valence-electron chi connectivity index (χ0n) is 15.3. The number of hydrogen-bond acceptors (Lipinski definition) is 2. The number of benzene rings is 1. The third kappa shape index (κ3) is 4.64. The van der Waals surface area contributed by atoms with Crippen LogP contribution in [0.3, 0.4) is 0 Å². The minimum atomic E-state index is 0.528. The highest BCUT2D eigenvalue weighted by atomic mass is 35.5. The molecule has 0 fully saturated rings. The van der Waals surface area contributed by atoms with Gasteiger partial charge in [-0.3, -0.25) is 0 Å². The maximum Gasteiger partial charge on any atom is 0.191 e. The summed E-state index contributed by atoms with van der Waals surface area (Å²) < 4.78 is 3.70. The van der Waals surface area contributed by atoms with Gasteiger partial charge in [0, 0.05) is 31.7 Å². The molecule has 0 radical (unpaired) electrons. The molecule has 2 N–H and O–H groups in total. The van der Waals surface area contributed by atoms with Crippen LogP contribution >= 0.6 is 23.2 Å². The van der Waals surface area contributed by atoms with Crippen LogP contribution < -0.4 is 10.6 Å². The van der Waals surface area contributed by atoms with Gasteiger partial charge in [-0.25, -0.2) is 9.67 Å². The standard InChI is InChI=1S/C19H22Cl2N6/c1-3-22-19(24-13-15-11-16(20)18(21)26(15)2)23-12-14-7-4-5-8-17(14)27-10-6-9-25-27/h4-11H,3,12-13H2,1-2H3,(H2,22,23,24). The van der Waals surface area contributed by atoms with E-state index in [9.17, 15) is 0 Å². The average Bonchev–Trinajstić information content (AvgIpc) is 3.29. The van der Waals surface area contributed by atoms with Gasteiger partial charge in [-0.2, -0.15) is 5.10 Å². The van der Waals surface area contributed by atoms with E-state index >= 15 is 0 Å². The van der Waals surface area contributed by atoms with Gasteiger partial charge in [0.15, 0.2) is 5.96 Å². The zero-order chi connectivity index (χ0) is 19.2. The van der Waals surface area contributed by atoms with Gasteiger partial charge >= 0.3 is 0 Å². The van der Waals surface area contributed by atoms with Crippen molar-refractivity contribution in [3.63, 3.8) is 0 Å². The zero-order valence-corrected chi connectivity index (χ0v) is 16.8. The molecule has 0 saturated heterocycles. The van der Waals surface area contributed by atoms with Gasteiger partial charge in [0.05, 0.1) is 23.8 Å². The maximum absolute atomic E-state index is 6.13. The van der Waals surface area contributed by atoms with Crippen LogP contribution in [-0.4, -0.2) is 26.9 Å². The Balaban J connectivity index is 1.74. The summed E-state index contributed by atoms with van der Waals surface area (Å²) in [7, 11) is 1.88. The van der Waals surface area contributed by atoms with Crippen molar-refractivity contribution in [1.82, 2.24) is 25.0 Å². The van der Waals surface area contributed by atoms with E-state index in [2.05, 4.69) is 21.8 Å². The lowest BCUT2D eigenvalue weighted by Gasteiger charge is -2.13. The predicted octanol–water partition coefficient (Wildman–Crippen LogP) is 3.77. The normalized spacial score (nSPS) is 11.6. The number of nitrogens with zero attached hydrogens (tertiary/aromatic N) is 4. The number of hydrogen-bond donors (Lipinski definition) is 2. The number of rotatable bonds is 6. The molecule has 0 aliphatic rings. The van der Waals surface area contributed by atoms with Gasteiger partial charge in [0.2, 0.25) is 0 Å². The molecule has 0 aliphatic heterocycles. The summed E-state index contributed by atoms with van der Waals surface area (Å²) in [5.74, 6) is 0.723.